The van der Waals surface area contributed by atoms with E-state index in [0.29, 0.717) is 19.4 Å². The maximum Gasteiger partial charge on any atom is 0.305 e. The number of nitrogens with zero attached hydrogens (tertiary/aromatic N) is 1. The lowest BCUT2D eigenvalue weighted by Gasteiger charge is -2.23. The van der Waals surface area contributed by atoms with Gasteiger partial charge in [-0.1, -0.05) is 18.2 Å². The topological polar surface area (TPSA) is 66.8 Å². The van der Waals surface area contributed by atoms with Crippen molar-refractivity contribution < 1.29 is 19.4 Å². The van der Waals surface area contributed by atoms with Crippen LogP contribution in [-0.4, -0.2) is 47.7 Å². The number of likely N-dealkylation sites (tertiary alicyclic amines) is 1. The molecule has 1 aromatic carbocycles. The predicted octanol–water partition coefficient (Wildman–Crippen LogP) is 1.81. The zero-order chi connectivity index (χ0) is 16.4. The first-order valence-corrected chi connectivity index (χ1v) is 8.21. The number of rotatable bonds is 5. The molecule has 1 amide bonds. The number of carboxylic acids is 1. The Labute approximate surface area is 136 Å². The highest BCUT2D eigenvalue weighted by Gasteiger charge is 2.36. The second-order valence-electron chi connectivity index (χ2n) is 6.52. The van der Waals surface area contributed by atoms with Gasteiger partial charge in [0.25, 0.3) is 0 Å². The van der Waals surface area contributed by atoms with E-state index in [1.807, 2.05) is 6.07 Å². The summed E-state index contributed by atoms with van der Waals surface area (Å²) in [4.78, 5) is 25.4. The van der Waals surface area contributed by atoms with Crippen molar-refractivity contribution in [3.63, 3.8) is 0 Å². The molecule has 1 aliphatic heterocycles. The van der Waals surface area contributed by atoms with Crippen molar-refractivity contribution in [2.75, 3.05) is 13.7 Å². The summed E-state index contributed by atoms with van der Waals surface area (Å²) in [7, 11) is 1.61. The molecule has 23 heavy (non-hydrogen) atoms. The van der Waals surface area contributed by atoms with Crippen LogP contribution in [0, 0.1) is 0 Å². The number of aliphatic carboxylic acids is 1. The molecule has 3 rings (SSSR count). The molecule has 5 heteroatoms. The number of benzene rings is 1. The molecule has 1 N–H and O–H groups in total. The number of hydrogen-bond donors (Lipinski definition) is 1. The molecule has 1 heterocycles. The van der Waals surface area contributed by atoms with Crippen LogP contribution in [0.2, 0.25) is 0 Å². The zero-order valence-electron chi connectivity index (χ0n) is 13.5. The highest BCUT2D eigenvalue weighted by Crippen LogP contribution is 2.26. The number of fused-ring (bicyclic) bond motifs is 1. The van der Waals surface area contributed by atoms with Gasteiger partial charge in [-0.05, 0) is 42.4 Å². The lowest BCUT2D eigenvalue weighted by Crippen LogP contribution is -2.38. The Bertz CT molecular complexity index is 613. The monoisotopic (exact) mass is 317 g/mol. The molecule has 1 fully saturated rings. The van der Waals surface area contributed by atoms with Crippen molar-refractivity contribution in [3.8, 4) is 0 Å². The molecular formula is C18H23NO4. The number of carbonyl (C=O) groups is 2. The minimum atomic E-state index is -0.873. The number of carboxylic acid groups (broad SMARTS) is 1. The van der Waals surface area contributed by atoms with Crippen molar-refractivity contribution in [2.24, 2.45) is 0 Å². The van der Waals surface area contributed by atoms with E-state index in [4.69, 9.17) is 9.84 Å². The van der Waals surface area contributed by atoms with Crippen LogP contribution in [0.3, 0.4) is 0 Å². The van der Waals surface area contributed by atoms with Crippen LogP contribution >= 0.6 is 0 Å². The SMILES string of the molecule is COC1CC(CC(=O)O)N(C(=O)Cc2ccc3c(c2)CCC3)C1. The fraction of sp³-hybridized carbons (Fsp3) is 0.556. The van der Waals surface area contributed by atoms with Crippen LogP contribution in [0.25, 0.3) is 0 Å². The molecule has 1 saturated heterocycles. The Balaban J connectivity index is 1.69. The molecule has 0 bridgehead atoms. The third kappa shape index (κ3) is 3.55. The number of ether oxygens (including phenoxy) is 1. The first-order valence-electron chi connectivity index (χ1n) is 8.21. The summed E-state index contributed by atoms with van der Waals surface area (Å²) >= 11 is 0. The molecular weight excluding hydrogens is 294 g/mol. The van der Waals surface area contributed by atoms with Gasteiger partial charge in [0.15, 0.2) is 0 Å². The van der Waals surface area contributed by atoms with E-state index in [9.17, 15) is 9.59 Å². The third-order valence-corrected chi connectivity index (χ3v) is 4.96. The lowest BCUT2D eigenvalue weighted by atomic mass is 10.0. The molecule has 124 valence electrons. The molecule has 1 aromatic rings. The van der Waals surface area contributed by atoms with Gasteiger partial charge in [0.2, 0.25) is 5.91 Å². The third-order valence-electron chi connectivity index (χ3n) is 4.96. The summed E-state index contributed by atoms with van der Waals surface area (Å²) in [6.45, 7) is 0.484. The molecule has 0 radical (unpaired) electrons. The predicted molar refractivity (Wildman–Crippen MR) is 85.3 cm³/mol. The molecule has 2 atom stereocenters. The van der Waals surface area contributed by atoms with E-state index in [-0.39, 0.29) is 24.5 Å². The van der Waals surface area contributed by atoms with Crippen LogP contribution in [0.4, 0.5) is 0 Å². The van der Waals surface area contributed by atoms with E-state index in [1.165, 1.54) is 17.5 Å². The number of carbonyl (C=O) groups excluding carboxylic acids is 1. The first kappa shape index (κ1) is 16.0. The van der Waals surface area contributed by atoms with Gasteiger partial charge in [-0.2, -0.15) is 0 Å². The first-order chi connectivity index (χ1) is 11.1. The van der Waals surface area contributed by atoms with Gasteiger partial charge in [0.05, 0.1) is 18.9 Å². The van der Waals surface area contributed by atoms with Gasteiger partial charge in [-0.25, -0.2) is 0 Å². The van der Waals surface area contributed by atoms with E-state index in [0.717, 1.165) is 18.4 Å². The summed E-state index contributed by atoms with van der Waals surface area (Å²) in [6, 6.07) is 6.02. The van der Waals surface area contributed by atoms with Gasteiger partial charge in [-0.3, -0.25) is 9.59 Å². The van der Waals surface area contributed by atoms with Gasteiger partial charge < -0.3 is 14.7 Å². The largest absolute Gasteiger partial charge is 0.481 e. The minimum Gasteiger partial charge on any atom is -0.481 e. The van der Waals surface area contributed by atoms with Crippen LogP contribution in [0.5, 0.6) is 0 Å². The number of hydrogen-bond acceptors (Lipinski definition) is 3. The fourth-order valence-corrected chi connectivity index (χ4v) is 3.76. The van der Waals surface area contributed by atoms with Gasteiger partial charge in [0, 0.05) is 19.7 Å². The number of amides is 1. The van der Waals surface area contributed by atoms with Crippen LogP contribution in [0.1, 0.15) is 36.0 Å². The van der Waals surface area contributed by atoms with Crippen LogP contribution in [0.15, 0.2) is 18.2 Å². The number of aryl methyl sites for hydroxylation is 2. The molecule has 2 unspecified atom stereocenters. The molecule has 1 aliphatic carbocycles. The zero-order valence-corrected chi connectivity index (χ0v) is 13.5. The molecule has 0 spiro atoms. The Morgan fingerprint density at radius 3 is 2.83 bits per heavy atom. The smallest absolute Gasteiger partial charge is 0.305 e. The minimum absolute atomic E-state index is 0.00579. The summed E-state index contributed by atoms with van der Waals surface area (Å²) in [5.41, 5.74) is 3.77. The maximum atomic E-state index is 12.6. The Hall–Kier alpha value is -1.88. The average molecular weight is 317 g/mol. The second-order valence-corrected chi connectivity index (χ2v) is 6.52. The van der Waals surface area contributed by atoms with Crippen LogP contribution in [-0.2, 0) is 33.6 Å². The summed E-state index contributed by atoms with van der Waals surface area (Å²) < 4.78 is 5.33. The normalized spacial score (nSPS) is 23.1. The van der Waals surface area contributed by atoms with Crippen molar-refractivity contribution in [1.82, 2.24) is 4.90 Å². The van der Waals surface area contributed by atoms with Gasteiger partial charge >= 0.3 is 5.97 Å². The van der Waals surface area contributed by atoms with Crippen molar-refractivity contribution in [3.05, 3.63) is 34.9 Å². The van der Waals surface area contributed by atoms with Crippen molar-refractivity contribution >= 4 is 11.9 Å². The summed E-state index contributed by atoms with van der Waals surface area (Å²) in [5, 5.41) is 9.05. The summed E-state index contributed by atoms with van der Waals surface area (Å²) in [5.74, 6) is -0.879. The van der Waals surface area contributed by atoms with E-state index in [1.54, 1.807) is 12.0 Å². The Morgan fingerprint density at radius 2 is 2.09 bits per heavy atom. The van der Waals surface area contributed by atoms with E-state index in [2.05, 4.69) is 12.1 Å². The van der Waals surface area contributed by atoms with Gasteiger partial charge in [-0.15, -0.1) is 0 Å². The van der Waals surface area contributed by atoms with Crippen LogP contribution < -0.4 is 0 Å². The second kappa shape index (κ2) is 6.71. The highest BCUT2D eigenvalue weighted by atomic mass is 16.5. The standard InChI is InChI=1S/C18H23NO4/c1-23-16-9-15(10-18(21)22)19(11-16)17(20)8-12-5-6-13-3-2-4-14(13)7-12/h5-7,15-16H,2-4,8-11H2,1H3,(H,21,22). The quantitative estimate of drug-likeness (QED) is 0.899. The van der Waals surface area contributed by atoms with Gasteiger partial charge in [0.1, 0.15) is 0 Å². The average Bonchev–Trinajstić information content (AvgIpc) is 3.12. The molecule has 2 aliphatic rings. The maximum absolute atomic E-state index is 12.6. The molecule has 0 saturated carbocycles. The van der Waals surface area contributed by atoms with E-state index >= 15 is 0 Å². The summed E-state index contributed by atoms with van der Waals surface area (Å²) in [6.07, 6.45) is 4.26. The Kier molecular flexibility index (Phi) is 4.66. The molecule has 0 aromatic heterocycles. The number of methoxy groups -OCH3 is 1. The van der Waals surface area contributed by atoms with Crippen molar-refractivity contribution in [2.45, 2.75) is 50.7 Å². The van der Waals surface area contributed by atoms with E-state index < -0.39 is 5.97 Å². The Morgan fingerprint density at radius 1 is 1.30 bits per heavy atom. The fourth-order valence-electron chi connectivity index (χ4n) is 3.76. The van der Waals surface area contributed by atoms with Crippen molar-refractivity contribution in [1.29, 1.82) is 0 Å². The molecule has 5 nitrogen and oxygen atoms in total. The lowest BCUT2D eigenvalue weighted by molar-refractivity contribution is -0.139. The highest BCUT2D eigenvalue weighted by molar-refractivity contribution is 5.80.